The molecular weight excluding hydrogens is 885 g/mol. The molecule has 5 nitrogen and oxygen atoms in total. The molecule has 1 unspecified atom stereocenters. The molecule has 0 aliphatic carbocycles. The summed E-state index contributed by atoms with van der Waals surface area (Å²) in [6.07, 6.45) is 87.3. The average molecular weight is 1000 g/mol. The smallest absolute Gasteiger partial charge is 0.306 e. The Kier molecular flexibility index (Phi) is 59.8. The van der Waals surface area contributed by atoms with Crippen LogP contribution in [-0.4, -0.2) is 36.4 Å². The fraction of sp³-hybridized carbons (Fsp3) is 0.761. The lowest BCUT2D eigenvalue weighted by atomic mass is 10.0. The highest BCUT2D eigenvalue weighted by Crippen LogP contribution is 2.17. The third-order valence-electron chi connectivity index (χ3n) is 13.7. The number of ether oxygens (including phenoxy) is 2. The van der Waals surface area contributed by atoms with Crippen LogP contribution in [0.3, 0.4) is 0 Å². The number of esters is 2. The van der Waals surface area contributed by atoms with Gasteiger partial charge in [0.2, 0.25) is 0 Å². The number of hydrogen-bond donors (Lipinski definition) is 1. The maximum Gasteiger partial charge on any atom is 0.306 e. The molecule has 5 heteroatoms. The SMILES string of the molecule is CC/C=C\C/C=C\C/C=C\C/C=C\C/C=C\CCCCCCCCCCCCCCCCCCCCCCCC(=O)OC(CO)COC(=O)CCCCCCCCCCC/C=C\C/C=C\CCCCCCC. The van der Waals surface area contributed by atoms with Crippen molar-refractivity contribution in [2.45, 2.75) is 315 Å². The Labute approximate surface area is 447 Å². The van der Waals surface area contributed by atoms with E-state index in [-0.39, 0.29) is 25.2 Å². The zero-order chi connectivity index (χ0) is 52.0. The van der Waals surface area contributed by atoms with Gasteiger partial charge in [-0.05, 0) is 89.9 Å². The molecule has 0 saturated heterocycles. The zero-order valence-corrected chi connectivity index (χ0v) is 47.7. The van der Waals surface area contributed by atoms with Crippen molar-refractivity contribution in [3.05, 3.63) is 85.1 Å². The number of hydrogen-bond acceptors (Lipinski definition) is 5. The molecule has 0 saturated carbocycles. The van der Waals surface area contributed by atoms with Crippen molar-refractivity contribution < 1.29 is 24.2 Å². The van der Waals surface area contributed by atoms with Crippen molar-refractivity contribution >= 4 is 11.9 Å². The third kappa shape index (κ3) is 59.6. The highest BCUT2D eigenvalue weighted by atomic mass is 16.6. The van der Waals surface area contributed by atoms with E-state index < -0.39 is 6.10 Å². The molecule has 0 fully saturated rings. The summed E-state index contributed by atoms with van der Waals surface area (Å²) in [5.41, 5.74) is 0. The summed E-state index contributed by atoms with van der Waals surface area (Å²) in [4.78, 5) is 24.6. The second kappa shape index (κ2) is 62.4. The largest absolute Gasteiger partial charge is 0.462 e. The Balaban J connectivity index is 3.44. The van der Waals surface area contributed by atoms with Crippen molar-refractivity contribution in [1.82, 2.24) is 0 Å². The van der Waals surface area contributed by atoms with Gasteiger partial charge in [-0.25, -0.2) is 0 Å². The first-order valence-electron chi connectivity index (χ1n) is 31.1. The van der Waals surface area contributed by atoms with Crippen molar-refractivity contribution in [2.75, 3.05) is 13.2 Å². The summed E-state index contributed by atoms with van der Waals surface area (Å²) in [5.74, 6) is -0.584. The highest BCUT2D eigenvalue weighted by molar-refractivity contribution is 5.70. The zero-order valence-electron chi connectivity index (χ0n) is 47.7. The monoisotopic (exact) mass is 1000 g/mol. The number of aliphatic hydroxyl groups excluding tert-OH is 1. The first kappa shape index (κ1) is 69.1. The molecule has 0 amide bonds. The van der Waals surface area contributed by atoms with E-state index in [9.17, 15) is 14.7 Å². The fourth-order valence-electron chi connectivity index (χ4n) is 9.03. The van der Waals surface area contributed by atoms with Crippen LogP contribution >= 0.6 is 0 Å². The van der Waals surface area contributed by atoms with E-state index in [4.69, 9.17) is 9.47 Å². The van der Waals surface area contributed by atoms with Gasteiger partial charge in [0.25, 0.3) is 0 Å². The Morgan fingerprint density at radius 1 is 0.333 bits per heavy atom. The van der Waals surface area contributed by atoms with Gasteiger partial charge in [-0.2, -0.15) is 0 Å². The number of carbonyl (C=O) groups is 2. The molecule has 0 rings (SSSR count). The van der Waals surface area contributed by atoms with Gasteiger partial charge >= 0.3 is 11.9 Å². The van der Waals surface area contributed by atoms with E-state index in [1.165, 1.54) is 205 Å². The van der Waals surface area contributed by atoms with E-state index in [0.29, 0.717) is 12.8 Å². The molecule has 0 aromatic heterocycles. The second-order valence-corrected chi connectivity index (χ2v) is 20.8. The lowest BCUT2D eigenvalue weighted by molar-refractivity contribution is -0.161. The van der Waals surface area contributed by atoms with Crippen LogP contribution in [0.1, 0.15) is 309 Å². The van der Waals surface area contributed by atoms with Crippen LogP contribution in [0.5, 0.6) is 0 Å². The van der Waals surface area contributed by atoms with E-state index in [2.05, 4.69) is 98.9 Å². The van der Waals surface area contributed by atoms with E-state index in [0.717, 1.165) is 77.0 Å². The average Bonchev–Trinajstić information content (AvgIpc) is 3.38. The number of rotatable bonds is 57. The first-order valence-corrected chi connectivity index (χ1v) is 31.1. The minimum atomic E-state index is -0.776. The molecule has 0 aliphatic heterocycles. The van der Waals surface area contributed by atoms with Crippen LogP contribution in [0.4, 0.5) is 0 Å². The van der Waals surface area contributed by atoms with E-state index in [1.54, 1.807) is 0 Å². The van der Waals surface area contributed by atoms with Gasteiger partial charge in [0.15, 0.2) is 6.10 Å². The molecule has 72 heavy (non-hydrogen) atoms. The van der Waals surface area contributed by atoms with Crippen molar-refractivity contribution in [3.8, 4) is 0 Å². The molecule has 0 radical (unpaired) electrons. The molecule has 0 bridgehead atoms. The molecular formula is C67H118O5. The predicted molar refractivity (Wildman–Crippen MR) is 316 cm³/mol. The Hall–Kier alpha value is -2.92. The lowest BCUT2D eigenvalue weighted by Crippen LogP contribution is -2.28. The molecule has 0 aromatic carbocycles. The summed E-state index contributed by atoms with van der Waals surface area (Å²) in [7, 11) is 0. The van der Waals surface area contributed by atoms with Gasteiger partial charge < -0.3 is 14.6 Å². The van der Waals surface area contributed by atoms with Gasteiger partial charge in [0, 0.05) is 12.8 Å². The van der Waals surface area contributed by atoms with Gasteiger partial charge in [0.1, 0.15) is 6.61 Å². The van der Waals surface area contributed by atoms with Crippen molar-refractivity contribution in [2.24, 2.45) is 0 Å². The van der Waals surface area contributed by atoms with Crippen molar-refractivity contribution in [3.63, 3.8) is 0 Å². The normalized spacial score (nSPS) is 12.8. The quantitative estimate of drug-likeness (QED) is 0.0373. The maximum atomic E-state index is 12.3. The van der Waals surface area contributed by atoms with Gasteiger partial charge in [0.05, 0.1) is 6.61 Å². The molecule has 0 aliphatic rings. The fourth-order valence-corrected chi connectivity index (χ4v) is 9.03. The molecule has 416 valence electrons. The van der Waals surface area contributed by atoms with Gasteiger partial charge in [-0.1, -0.05) is 292 Å². The summed E-state index contributed by atoms with van der Waals surface area (Å²) in [6.45, 7) is 4.04. The van der Waals surface area contributed by atoms with Crippen molar-refractivity contribution in [1.29, 1.82) is 0 Å². The Bertz CT molecular complexity index is 1320. The highest BCUT2D eigenvalue weighted by Gasteiger charge is 2.16. The van der Waals surface area contributed by atoms with Gasteiger partial charge in [-0.15, -0.1) is 0 Å². The lowest BCUT2D eigenvalue weighted by Gasteiger charge is -2.15. The topological polar surface area (TPSA) is 72.8 Å². The number of unbranched alkanes of at least 4 members (excludes halogenated alkanes) is 35. The summed E-state index contributed by atoms with van der Waals surface area (Å²) in [6, 6.07) is 0. The van der Waals surface area contributed by atoms with Crippen LogP contribution in [0.25, 0.3) is 0 Å². The molecule has 0 heterocycles. The predicted octanol–water partition coefficient (Wildman–Crippen LogP) is 21.3. The van der Waals surface area contributed by atoms with E-state index in [1.807, 2.05) is 0 Å². The molecule has 0 aromatic rings. The Morgan fingerprint density at radius 2 is 0.597 bits per heavy atom. The van der Waals surface area contributed by atoms with Crippen LogP contribution in [0.2, 0.25) is 0 Å². The standard InChI is InChI=1S/C67H118O5/c1-3-5-7-9-11-13-15-17-19-21-23-25-26-27-28-29-30-31-32-33-34-35-36-37-38-39-40-42-44-46-48-50-52-54-56-58-60-62-67(70)72-65(63-68)64-71-66(69)61-59-57-55-53-51-49-47-45-43-41-24-22-20-18-16-14-12-10-8-6-4-2/h5,7,11,13,16-19,22-25,27-28,65,68H,3-4,6,8-10,12,14-15,20-21,26,29-64H2,1-2H3/b7-5-,13-11-,18-16-,19-17-,24-22-,25-23-,28-27-. The maximum absolute atomic E-state index is 12.3. The first-order chi connectivity index (χ1) is 35.6. The minimum absolute atomic E-state index is 0.0670. The minimum Gasteiger partial charge on any atom is -0.462 e. The number of aliphatic hydroxyl groups is 1. The third-order valence-corrected chi connectivity index (χ3v) is 13.7. The van der Waals surface area contributed by atoms with Crippen LogP contribution in [0.15, 0.2) is 85.1 Å². The number of allylic oxidation sites excluding steroid dienone is 14. The molecule has 0 spiro atoms. The number of carbonyl (C=O) groups excluding carboxylic acids is 2. The molecule has 1 atom stereocenters. The summed E-state index contributed by atoms with van der Waals surface area (Å²) < 4.78 is 10.7. The van der Waals surface area contributed by atoms with Crippen LogP contribution in [0, 0.1) is 0 Å². The van der Waals surface area contributed by atoms with Crippen LogP contribution < -0.4 is 0 Å². The summed E-state index contributed by atoms with van der Waals surface area (Å²) in [5, 5.41) is 9.67. The van der Waals surface area contributed by atoms with E-state index >= 15 is 0 Å². The second-order valence-electron chi connectivity index (χ2n) is 20.8. The van der Waals surface area contributed by atoms with Crippen LogP contribution in [-0.2, 0) is 19.1 Å². The summed E-state index contributed by atoms with van der Waals surface area (Å²) >= 11 is 0. The Morgan fingerprint density at radius 3 is 0.903 bits per heavy atom. The molecule has 1 N–H and O–H groups in total. The van der Waals surface area contributed by atoms with Gasteiger partial charge in [-0.3, -0.25) is 9.59 Å².